The zero-order chi connectivity index (χ0) is 14.5. The number of rotatable bonds is 5. The number of nitrogens with zero attached hydrogens (tertiary/aromatic N) is 2. The van der Waals surface area contributed by atoms with Gasteiger partial charge in [0, 0.05) is 24.8 Å². The molecule has 0 aromatic carbocycles. The van der Waals surface area contributed by atoms with E-state index in [0.717, 1.165) is 24.9 Å². The van der Waals surface area contributed by atoms with E-state index in [0.29, 0.717) is 12.1 Å². The Morgan fingerprint density at radius 1 is 1.30 bits per heavy atom. The summed E-state index contributed by atoms with van der Waals surface area (Å²) in [4.78, 5) is 7.09. The number of aromatic nitrogens is 1. The number of pyridine rings is 1. The summed E-state index contributed by atoms with van der Waals surface area (Å²) in [6, 6.07) is 7.41. The van der Waals surface area contributed by atoms with Crippen molar-refractivity contribution in [2.24, 2.45) is 11.8 Å². The molecule has 1 aromatic rings. The molecule has 1 N–H and O–H groups in total. The van der Waals surface area contributed by atoms with E-state index in [9.17, 15) is 0 Å². The zero-order valence-electron chi connectivity index (χ0n) is 13.3. The van der Waals surface area contributed by atoms with Crippen molar-refractivity contribution in [2.75, 3.05) is 13.6 Å². The predicted octanol–water partition coefficient (Wildman–Crippen LogP) is 2.93. The normalized spacial score (nSPS) is 30.6. The fourth-order valence-corrected chi connectivity index (χ4v) is 3.87. The Hall–Kier alpha value is -0.930. The minimum absolute atomic E-state index is 0.595. The average molecular weight is 275 g/mol. The molecule has 0 spiro atoms. The second-order valence-corrected chi connectivity index (χ2v) is 6.32. The van der Waals surface area contributed by atoms with Gasteiger partial charge >= 0.3 is 0 Å². The SMILES string of the molecule is CCN(Cc1ccccn1)C1C(C)CC(C)CC1NC. The van der Waals surface area contributed by atoms with E-state index in [1.807, 2.05) is 12.3 Å². The molecule has 0 bridgehead atoms. The van der Waals surface area contributed by atoms with Gasteiger partial charge in [-0.25, -0.2) is 0 Å². The Morgan fingerprint density at radius 2 is 2.10 bits per heavy atom. The lowest BCUT2D eigenvalue weighted by Crippen LogP contribution is -2.55. The number of hydrogen-bond donors (Lipinski definition) is 1. The Bertz CT molecular complexity index is 392. The third-order valence-electron chi connectivity index (χ3n) is 4.72. The third-order valence-corrected chi connectivity index (χ3v) is 4.72. The van der Waals surface area contributed by atoms with E-state index in [4.69, 9.17) is 0 Å². The number of likely N-dealkylation sites (N-methyl/N-ethyl adjacent to an activating group) is 2. The minimum atomic E-state index is 0.595. The Kier molecular flexibility index (Phi) is 5.55. The van der Waals surface area contributed by atoms with Crippen LogP contribution < -0.4 is 5.32 Å². The first-order valence-electron chi connectivity index (χ1n) is 7.96. The van der Waals surface area contributed by atoms with E-state index in [1.165, 1.54) is 18.5 Å². The largest absolute Gasteiger partial charge is 0.315 e. The van der Waals surface area contributed by atoms with Crippen LogP contribution in [-0.4, -0.2) is 35.6 Å². The average Bonchev–Trinajstić information content (AvgIpc) is 2.45. The van der Waals surface area contributed by atoms with E-state index in [1.54, 1.807) is 0 Å². The van der Waals surface area contributed by atoms with Crippen LogP contribution in [0.3, 0.4) is 0 Å². The van der Waals surface area contributed by atoms with Gasteiger partial charge in [0.1, 0.15) is 0 Å². The molecule has 20 heavy (non-hydrogen) atoms. The van der Waals surface area contributed by atoms with E-state index in [-0.39, 0.29) is 0 Å². The lowest BCUT2D eigenvalue weighted by atomic mass is 9.76. The second-order valence-electron chi connectivity index (χ2n) is 6.32. The van der Waals surface area contributed by atoms with Gasteiger partial charge in [-0.1, -0.05) is 26.8 Å². The van der Waals surface area contributed by atoms with Crippen molar-refractivity contribution in [3.63, 3.8) is 0 Å². The van der Waals surface area contributed by atoms with Crippen molar-refractivity contribution in [1.29, 1.82) is 0 Å². The topological polar surface area (TPSA) is 28.2 Å². The zero-order valence-corrected chi connectivity index (χ0v) is 13.3. The molecule has 1 aliphatic carbocycles. The molecular formula is C17H29N3. The van der Waals surface area contributed by atoms with Crippen LogP contribution in [0.1, 0.15) is 39.3 Å². The van der Waals surface area contributed by atoms with Gasteiger partial charge in [0.05, 0.1) is 5.69 Å². The molecule has 0 radical (unpaired) electrons. The van der Waals surface area contributed by atoms with Crippen molar-refractivity contribution < 1.29 is 0 Å². The lowest BCUT2D eigenvalue weighted by Gasteiger charge is -2.45. The first kappa shape index (κ1) is 15.5. The van der Waals surface area contributed by atoms with Crippen molar-refractivity contribution in [3.05, 3.63) is 30.1 Å². The highest BCUT2D eigenvalue weighted by Gasteiger charge is 2.36. The highest BCUT2D eigenvalue weighted by molar-refractivity contribution is 5.04. The summed E-state index contributed by atoms with van der Waals surface area (Å²) in [5, 5.41) is 3.55. The summed E-state index contributed by atoms with van der Waals surface area (Å²) in [7, 11) is 2.11. The van der Waals surface area contributed by atoms with Gasteiger partial charge in [-0.2, -0.15) is 0 Å². The predicted molar refractivity (Wildman–Crippen MR) is 84.5 cm³/mol. The first-order chi connectivity index (χ1) is 9.65. The molecule has 1 fully saturated rings. The maximum Gasteiger partial charge on any atom is 0.0544 e. The first-order valence-corrected chi connectivity index (χ1v) is 7.96. The molecule has 3 heteroatoms. The van der Waals surface area contributed by atoms with Crippen LogP contribution >= 0.6 is 0 Å². The highest BCUT2D eigenvalue weighted by atomic mass is 15.2. The lowest BCUT2D eigenvalue weighted by molar-refractivity contribution is 0.0614. The molecule has 1 heterocycles. The fourth-order valence-electron chi connectivity index (χ4n) is 3.87. The van der Waals surface area contributed by atoms with Gasteiger partial charge < -0.3 is 5.32 Å². The Morgan fingerprint density at radius 3 is 2.70 bits per heavy atom. The molecule has 4 unspecified atom stereocenters. The molecule has 1 aromatic heterocycles. The highest BCUT2D eigenvalue weighted by Crippen LogP contribution is 2.32. The summed E-state index contributed by atoms with van der Waals surface area (Å²) in [6.07, 6.45) is 4.51. The van der Waals surface area contributed by atoms with E-state index < -0.39 is 0 Å². The fraction of sp³-hybridized carbons (Fsp3) is 0.706. The van der Waals surface area contributed by atoms with Gasteiger partial charge in [0.15, 0.2) is 0 Å². The third kappa shape index (κ3) is 3.58. The maximum atomic E-state index is 4.49. The maximum absolute atomic E-state index is 4.49. The van der Waals surface area contributed by atoms with Gasteiger partial charge in [-0.3, -0.25) is 9.88 Å². The molecule has 2 rings (SSSR count). The Labute approximate surface area is 123 Å². The van der Waals surface area contributed by atoms with Crippen LogP contribution in [0.2, 0.25) is 0 Å². The number of nitrogens with one attached hydrogen (secondary N) is 1. The molecule has 3 nitrogen and oxygen atoms in total. The van der Waals surface area contributed by atoms with Crippen LogP contribution in [-0.2, 0) is 6.54 Å². The minimum Gasteiger partial charge on any atom is -0.315 e. The van der Waals surface area contributed by atoms with Crippen LogP contribution in [0.4, 0.5) is 0 Å². The van der Waals surface area contributed by atoms with Gasteiger partial charge in [0.25, 0.3) is 0 Å². The summed E-state index contributed by atoms with van der Waals surface area (Å²) < 4.78 is 0. The van der Waals surface area contributed by atoms with Gasteiger partial charge in [-0.15, -0.1) is 0 Å². The van der Waals surface area contributed by atoms with Gasteiger partial charge in [0.2, 0.25) is 0 Å². The van der Waals surface area contributed by atoms with Crippen LogP contribution in [0.5, 0.6) is 0 Å². The van der Waals surface area contributed by atoms with Crippen molar-refractivity contribution >= 4 is 0 Å². The summed E-state index contributed by atoms with van der Waals surface area (Å²) >= 11 is 0. The smallest absolute Gasteiger partial charge is 0.0544 e. The molecule has 112 valence electrons. The summed E-state index contributed by atoms with van der Waals surface area (Å²) in [6.45, 7) is 9.09. The molecule has 1 saturated carbocycles. The molecule has 0 aliphatic heterocycles. The summed E-state index contributed by atoms with van der Waals surface area (Å²) in [5.41, 5.74) is 1.18. The van der Waals surface area contributed by atoms with E-state index in [2.05, 4.69) is 55.2 Å². The Balaban J connectivity index is 2.12. The van der Waals surface area contributed by atoms with Crippen LogP contribution in [0, 0.1) is 11.8 Å². The quantitative estimate of drug-likeness (QED) is 0.895. The van der Waals surface area contributed by atoms with Crippen molar-refractivity contribution in [1.82, 2.24) is 15.2 Å². The van der Waals surface area contributed by atoms with E-state index >= 15 is 0 Å². The monoisotopic (exact) mass is 275 g/mol. The van der Waals surface area contributed by atoms with Crippen LogP contribution in [0.25, 0.3) is 0 Å². The molecule has 1 aliphatic rings. The van der Waals surface area contributed by atoms with Crippen LogP contribution in [0.15, 0.2) is 24.4 Å². The number of hydrogen-bond acceptors (Lipinski definition) is 3. The summed E-state index contributed by atoms with van der Waals surface area (Å²) in [5.74, 6) is 1.56. The molecular weight excluding hydrogens is 246 g/mol. The second kappa shape index (κ2) is 7.19. The molecule has 0 saturated heterocycles. The molecule has 0 amide bonds. The van der Waals surface area contributed by atoms with Gasteiger partial charge in [-0.05, 0) is 50.4 Å². The standard InChI is InChI=1S/C17H29N3/c1-5-20(12-15-8-6-7-9-19-15)17-14(3)10-13(2)11-16(17)18-4/h6-9,13-14,16-18H,5,10-12H2,1-4H3. The van der Waals surface area contributed by atoms with Crippen molar-refractivity contribution in [2.45, 2.75) is 52.2 Å². The molecule has 4 atom stereocenters. The van der Waals surface area contributed by atoms with Crippen molar-refractivity contribution in [3.8, 4) is 0 Å².